The second-order valence-electron chi connectivity index (χ2n) is 6.53. The summed E-state index contributed by atoms with van der Waals surface area (Å²) in [5, 5.41) is 0. The molecule has 0 unspecified atom stereocenters. The van der Waals surface area contributed by atoms with E-state index in [1.54, 1.807) is 22.5 Å². The summed E-state index contributed by atoms with van der Waals surface area (Å²) in [6.07, 6.45) is 6.46. The molecule has 1 aliphatic carbocycles. The summed E-state index contributed by atoms with van der Waals surface area (Å²) in [5.74, 6) is 0.396. The maximum Gasteiger partial charge on any atom is 0.246 e. The number of benzene rings is 1. The molecular weight excluding hydrogens is 392 g/mol. The van der Waals surface area contributed by atoms with E-state index in [4.69, 9.17) is 4.74 Å². The average Bonchev–Trinajstić information content (AvgIpc) is 2.62. The van der Waals surface area contributed by atoms with E-state index >= 15 is 0 Å². The van der Waals surface area contributed by atoms with Crippen LogP contribution in [0.1, 0.15) is 32.1 Å². The van der Waals surface area contributed by atoms with E-state index in [2.05, 4.69) is 20.8 Å². The Kier molecular flexibility index (Phi) is 5.85. The third kappa shape index (κ3) is 3.79. The van der Waals surface area contributed by atoms with E-state index < -0.39 is 10.0 Å². The Balaban J connectivity index is 1.72. The van der Waals surface area contributed by atoms with Crippen LogP contribution < -0.4 is 4.74 Å². The summed E-state index contributed by atoms with van der Waals surface area (Å²) in [7, 11) is -2.03. The van der Waals surface area contributed by atoms with Gasteiger partial charge in [0.15, 0.2) is 0 Å². The first-order valence-electron chi connectivity index (χ1n) is 8.60. The normalized spacial score (nSPS) is 21.8. The fourth-order valence-corrected chi connectivity index (χ4v) is 5.86. The van der Waals surface area contributed by atoms with Gasteiger partial charge in [-0.15, -0.1) is 0 Å². The molecule has 2 aliphatic rings. The van der Waals surface area contributed by atoms with Crippen LogP contribution in [0.15, 0.2) is 27.6 Å². The molecule has 0 spiro atoms. The Labute approximate surface area is 153 Å². The van der Waals surface area contributed by atoms with Crippen molar-refractivity contribution in [3.8, 4) is 5.75 Å². The highest BCUT2D eigenvalue weighted by Crippen LogP contribution is 2.31. The van der Waals surface area contributed by atoms with Crippen molar-refractivity contribution in [1.82, 2.24) is 9.21 Å². The van der Waals surface area contributed by atoms with Crippen molar-refractivity contribution in [2.45, 2.75) is 43.0 Å². The van der Waals surface area contributed by atoms with Crippen LogP contribution in [0.5, 0.6) is 5.75 Å². The molecule has 134 valence electrons. The summed E-state index contributed by atoms with van der Waals surface area (Å²) in [6.45, 7) is 2.74. The minimum absolute atomic E-state index is 0.241. The van der Waals surface area contributed by atoms with Crippen LogP contribution >= 0.6 is 15.9 Å². The molecule has 1 aromatic rings. The van der Waals surface area contributed by atoms with Crippen LogP contribution in [0, 0.1) is 0 Å². The van der Waals surface area contributed by atoms with Gasteiger partial charge < -0.3 is 4.74 Å². The molecule has 1 heterocycles. The summed E-state index contributed by atoms with van der Waals surface area (Å²) < 4.78 is 33.6. The largest absolute Gasteiger partial charge is 0.495 e. The monoisotopic (exact) mass is 416 g/mol. The van der Waals surface area contributed by atoms with Gasteiger partial charge in [-0.1, -0.05) is 35.2 Å². The van der Waals surface area contributed by atoms with Crippen LogP contribution in [0.4, 0.5) is 0 Å². The predicted molar refractivity (Wildman–Crippen MR) is 97.9 cm³/mol. The highest BCUT2D eigenvalue weighted by Gasteiger charge is 2.33. The number of halogens is 1. The topological polar surface area (TPSA) is 49.9 Å². The van der Waals surface area contributed by atoms with Gasteiger partial charge in [-0.05, 0) is 31.0 Å². The van der Waals surface area contributed by atoms with Crippen LogP contribution in [0.3, 0.4) is 0 Å². The van der Waals surface area contributed by atoms with Gasteiger partial charge in [0.25, 0.3) is 0 Å². The van der Waals surface area contributed by atoms with Gasteiger partial charge in [-0.25, -0.2) is 8.42 Å². The molecular formula is C17H25BrN2O3S. The molecule has 5 nitrogen and oxygen atoms in total. The van der Waals surface area contributed by atoms with Crippen molar-refractivity contribution in [2.75, 3.05) is 33.3 Å². The second kappa shape index (κ2) is 7.72. The van der Waals surface area contributed by atoms with E-state index in [1.807, 2.05) is 0 Å². The molecule has 1 saturated carbocycles. The predicted octanol–water partition coefficient (Wildman–Crippen LogP) is 3.10. The SMILES string of the molecule is COc1ccc(Br)cc1S(=O)(=O)N1CCN(C2CCCCC2)CC1. The first-order valence-corrected chi connectivity index (χ1v) is 10.8. The Morgan fingerprint density at radius 1 is 1.08 bits per heavy atom. The Morgan fingerprint density at radius 2 is 1.75 bits per heavy atom. The molecule has 1 saturated heterocycles. The molecule has 0 aromatic heterocycles. The minimum atomic E-state index is -3.53. The van der Waals surface area contributed by atoms with Gasteiger partial charge in [0.2, 0.25) is 10.0 Å². The molecule has 0 amide bonds. The highest BCUT2D eigenvalue weighted by atomic mass is 79.9. The standard InChI is InChI=1S/C17H25BrN2O3S/c1-23-16-8-7-14(18)13-17(16)24(21,22)20-11-9-19(10-12-20)15-5-3-2-4-6-15/h7-8,13,15H,2-6,9-12H2,1H3. The van der Waals surface area contributed by atoms with Crippen LogP contribution in [-0.2, 0) is 10.0 Å². The third-order valence-electron chi connectivity index (χ3n) is 5.11. The molecule has 24 heavy (non-hydrogen) atoms. The van der Waals surface area contributed by atoms with Crippen molar-refractivity contribution < 1.29 is 13.2 Å². The van der Waals surface area contributed by atoms with E-state index in [0.29, 0.717) is 24.9 Å². The van der Waals surface area contributed by atoms with Gasteiger partial charge >= 0.3 is 0 Å². The molecule has 1 aromatic carbocycles. The Bertz CT molecular complexity index is 666. The summed E-state index contributed by atoms with van der Waals surface area (Å²) >= 11 is 3.36. The van der Waals surface area contributed by atoms with Crippen LogP contribution in [-0.4, -0.2) is 57.0 Å². The molecule has 2 fully saturated rings. The van der Waals surface area contributed by atoms with Gasteiger partial charge in [-0.3, -0.25) is 4.90 Å². The van der Waals surface area contributed by atoms with Gasteiger partial charge in [0.05, 0.1) is 7.11 Å². The molecule has 0 N–H and O–H groups in total. The van der Waals surface area contributed by atoms with Crippen LogP contribution in [0.25, 0.3) is 0 Å². The number of nitrogens with zero attached hydrogens (tertiary/aromatic N) is 2. The van der Waals surface area contributed by atoms with E-state index in [9.17, 15) is 8.42 Å². The quantitative estimate of drug-likeness (QED) is 0.756. The first kappa shape index (κ1) is 18.2. The lowest BCUT2D eigenvalue weighted by Crippen LogP contribution is -2.52. The number of methoxy groups -OCH3 is 1. The smallest absolute Gasteiger partial charge is 0.246 e. The van der Waals surface area contributed by atoms with Crippen molar-refractivity contribution in [1.29, 1.82) is 0 Å². The average molecular weight is 417 g/mol. The molecule has 0 radical (unpaired) electrons. The maximum absolute atomic E-state index is 13.0. The van der Waals surface area contributed by atoms with E-state index in [-0.39, 0.29) is 4.90 Å². The van der Waals surface area contributed by atoms with Crippen molar-refractivity contribution >= 4 is 26.0 Å². The van der Waals surface area contributed by atoms with E-state index in [0.717, 1.165) is 17.6 Å². The van der Waals surface area contributed by atoms with Crippen molar-refractivity contribution in [3.63, 3.8) is 0 Å². The van der Waals surface area contributed by atoms with Crippen molar-refractivity contribution in [2.24, 2.45) is 0 Å². The van der Waals surface area contributed by atoms with Gasteiger partial charge in [-0.2, -0.15) is 4.31 Å². The molecule has 1 aliphatic heterocycles. The van der Waals surface area contributed by atoms with Gasteiger partial charge in [0.1, 0.15) is 10.6 Å². The summed E-state index contributed by atoms with van der Waals surface area (Å²) in [6, 6.07) is 5.75. The summed E-state index contributed by atoms with van der Waals surface area (Å²) in [4.78, 5) is 2.72. The third-order valence-corrected chi connectivity index (χ3v) is 7.52. The van der Waals surface area contributed by atoms with Gasteiger partial charge in [0, 0.05) is 36.7 Å². The Hall–Kier alpha value is -0.630. The number of hydrogen-bond acceptors (Lipinski definition) is 4. The fourth-order valence-electron chi connectivity index (χ4n) is 3.75. The molecule has 3 rings (SSSR count). The second-order valence-corrected chi connectivity index (χ2v) is 9.35. The molecule has 0 atom stereocenters. The summed E-state index contributed by atoms with van der Waals surface area (Å²) in [5.41, 5.74) is 0. The zero-order valence-corrected chi connectivity index (χ0v) is 16.5. The number of rotatable bonds is 4. The number of piperazine rings is 1. The lowest BCUT2D eigenvalue weighted by Gasteiger charge is -2.40. The zero-order valence-electron chi connectivity index (χ0n) is 14.1. The lowest BCUT2D eigenvalue weighted by molar-refractivity contribution is 0.111. The molecule has 7 heteroatoms. The van der Waals surface area contributed by atoms with Crippen LogP contribution in [0.2, 0.25) is 0 Å². The number of ether oxygens (including phenoxy) is 1. The van der Waals surface area contributed by atoms with Crippen molar-refractivity contribution in [3.05, 3.63) is 22.7 Å². The van der Waals surface area contributed by atoms with E-state index in [1.165, 1.54) is 39.2 Å². The Morgan fingerprint density at radius 3 is 2.38 bits per heavy atom. The molecule has 0 bridgehead atoms. The zero-order chi connectivity index (χ0) is 17.2. The minimum Gasteiger partial charge on any atom is -0.495 e. The fraction of sp³-hybridized carbons (Fsp3) is 0.647. The number of sulfonamides is 1. The lowest BCUT2D eigenvalue weighted by atomic mass is 9.94. The highest BCUT2D eigenvalue weighted by molar-refractivity contribution is 9.10. The maximum atomic E-state index is 13.0. The first-order chi connectivity index (χ1) is 11.5. The number of hydrogen-bond donors (Lipinski definition) is 0.